The first-order valence-corrected chi connectivity index (χ1v) is 5.92. The first-order valence-electron chi connectivity index (χ1n) is 5.92. The van der Waals surface area contributed by atoms with Crippen molar-refractivity contribution in [2.24, 2.45) is 0 Å². The van der Waals surface area contributed by atoms with Gasteiger partial charge in [-0.15, -0.1) is 0 Å². The maximum Gasteiger partial charge on any atom is 0.326 e. The van der Waals surface area contributed by atoms with E-state index in [1.807, 2.05) is 18.7 Å². The van der Waals surface area contributed by atoms with Crippen molar-refractivity contribution in [1.29, 1.82) is 0 Å². The highest BCUT2D eigenvalue weighted by Gasteiger charge is 2.31. The van der Waals surface area contributed by atoms with E-state index in [9.17, 15) is 4.79 Å². The monoisotopic (exact) mass is 235 g/mol. The van der Waals surface area contributed by atoms with E-state index in [4.69, 9.17) is 5.11 Å². The van der Waals surface area contributed by atoms with Crippen molar-refractivity contribution in [3.63, 3.8) is 0 Å². The summed E-state index contributed by atoms with van der Waals surface area (Å²) in [6, 6.07) is 1.34. The fourth-order valence-electron chi connectivity index (χ4n) is 2.10. The molecule has 17 heavy (non-hydrogen) atoms. The molecule has 2 heterocycles. The molecule has 1 atom stereocenters. The predicted octanol–water partition coefficient (Wildman–Crippen LogP) is 1.65. The Bertz CT molecular complexity index is 420. The summed E-state index contributed by atoms with van der Waals surface area (Å²) in [4.78, 5) is 21.6. The number of anilines is 1. The minimum absolute atomic E-state index is 0.251. The van der Waals surface area contributed by atoms with Crippen LogP contribution in [0, 0.1) is 0 Å². The third-order valence-electron chi connectivity index (χ3n) is 3.01. The molecule has 1 unspecified atom stereocenters. The number of carboxylic acid groups (broad SMARTS) is 1. The molecule has 0 saturated carbocycles. The van der Waals surface area contributed by atoms with Crippen molar-refractivity contribution in [1.82, 2.24) is 9.97 Å². The maximum atomic E-state index is 11.1. The van der Waals surface area contributed by atoms with E-state index >= 15 is 0 Å². The molecule has 5 nitrogen and oxygen atoms in total. The van der Waals surface area contributed by atoms with Crippen molar-refractivity contribution in [2.75, 3.05) is 11.4 Å². The van der Waals surface area contributed by atoms with E-state index in [-0.39, 0.29) is 5.92 Å². The second kappa shape index (κ2) is 4.69. The summed E-state index contributed by atoms with van der Waals surface area (Å²) in [6.07, 6.45) is 3.29. The Hall–Kier alpha value is -1.65. The topological polar surface area (TPSA) is 66.3 Å². The SMILES string of the molecule is CC(C)c1nccc(N2CCCC2C(=O)O)n1. The molecule has 0 aromatic carbocycles. The average molecular weight is 235 g/mol. The van der Waals surface area contributed by atoms with Crippen LogP contribution in [0.25, 0.3) is 0 Å². The fourth-order valence-corrected chi connectivity index (χ4v) is 2.10. The number of rotatable bonds is 3. The van der Waals surface area contributed by atoms with Gasteiger partial charge in [-0.25, -0.2) is 14.8 Å². The van der Waals surface area contributed by atoms with Crippen LogP contribution in [0.15, 0.2) is 12.3 Å². The third kappa shape index (κ3) is 2.38. The van der Waals surface area contributed by atoms with Gasteiger partial charge in [-0.1, -0.05) is 13.8 Å². The van der Waals surface area contributed by atoms with E-state index in [1.54, 1.807) is 12.3 Å². The molecule has 1 aliphatic heterocycles. The lowest BCUT2D eigenvalue weighted by Crippen LogP contribution is -2.36. The summed E-state index contributed by atoms with van der Waals surface area (Å²) in [7, 11) is 0. The summed E-state index contributed by atoms with van der Waals surface area (Å²) in [5.41, 5.74) is 0. The molecule has 0 amide bonds. The highest BCUT2D eigenvalue weighted by atomic mass is 16.4. The van der Waals surface area contributed by atoms with Crippen LogP contribution in [0.1, 0.15) is 38.4 Å². The molecule has 0 radical (unpaired) electrons. The van der Waals surface area contributed by atoms with E-state index in [0.29, 0.717) is 6.42 Å². The van der Waals surface area contributed by atoms with Crippen LogP contribution in [-0.4, -0.2) is 33.6 Å². The lowest BCUT2D eigenvalue weighted by Gasteiger charge is -2.22. The van der Waals surface area contributed by atoms with Crippen molar-refractivity contribution in [2.45, 2.75) is 38.6 Å². The fraction of sp³-hybridized carbons (Fsp3) is 0.583. The van der Waals surface area contributed by atoms with Crippen LogP contribution in [0.2, 0.25) is 0 Å². The molecule has 5 heteroatoms. The number of aromatic nitrogens is 2. The van der Waals surface area contributed by atoms with Gasteiger partial charge < -0.3 is 10.0 Å². The number of nitrogens with zero attached hydrogens (tertiary/aromatic N) is 3. The Kier molecular flexibility index (Phi) is 3.26. The zero-order chi connectivity index (χ0) is 12.4. The van der Waals surface area contributed by atoms with Crippen molar-refractivity contribution >= 4 is 11.8 Å². The number of carboxylic acids is 1. The second-order valence-electron chi connectivity index (χ2n) is 4.62. The normalized spacial score (nSPS) is 19.9. The first kappa shape index (κ1) is 11.8. The first-order chi connectivity index (χ1) is 8.09. The predicted molar refractivity (Wildman–Crippen MR) is 64.1 cm³/mol. The quantitative estimate of drug-likeness (QED) is 0.863. The lowest BCUT2D eigenvalue weighted by molar-refractivity contribution is -0.138. The molecule has 92 valence electrons. The minimum Gasteiger partial charge on any atom is -0.480 e. The van der Waals surface area contributed by atoms with E-state index in [2.05, 4.69) is 9.97 Å². The zero-order valence-electron chi connectivity index (χ0n) is 10.1. The third-order valence-corrected chi connectivity index (χ3v) is 3.01. The number of carbonyl (C=O) groups is 1. The van der Waals surface area contributed by atoms with Crippen LogP contribution in [0.3, 0.4) is 0 Å². The molecule has 1 fully saturated rings. The van der Waals surface area contributed by atoms with Gasteiger partial charge in [-0.2, -0.15) is 0 Å². The summed E-state index contributed by atoms with van der Waals surface area (Å²) in [5.74, 6) is 0.972. The van der Waals surface area contributed by atoms with Gasteiger partial charge in [0.15, 0.2) is 0 Å². The Morgan fingerprint density at radius 1 is 1.59 bits per heavy atom. The maximum absolute atomic E-state index is 11.1. The summed E-state index contributed by atoms with van der Waals surface area (Å²) < 4.78 is 0. The van der Waals surface area contributed by atoms with Gasteiger partial charge in [0.05, 0.1) is 0 Å². The smallest absolute Gasteiger partial charge is 0.326 e. The molecule has 2 rings (SSSR count). The van der Waals surface area contributed by atoms with Gasteiger partial charge in [0.1, 0.15) is 17.7 Å². The van der Waals surface area contributed by atoms with Crippen LogP contribution >= 0.6 is 0 Å². The lowest BCUT2D eigenvalue weighted by atomic mass is 10.2. The number of hydrogen-bond donors (Lipinski definition) is 1. The molecule has 1 aromatic rings. The van der Waals surface area contributed by atoms with Crippen LogP contribution in [0.4, 0.5) is 5.82 Å². The Morgan fingerprint density at radius 2 is 2.35 bits per heavy atom. The number of hydrogen-bond acceptors (Lipinski definition) is 4. The Morgan fingerprint density at radius 3 is 3.00 bits per heavy atom. The van der Waals surface area contributed by atoms with E-state index < -0.39 is 12.0 Å². The summed E-state index contributed by atoms with van der Waals surface area (Å²) in [6.45, 7) is 4.81. The highest BCUT2D eigenvalue weighted by molar-refractivity contribution is 5.78. The van der Waals surface area contributed by atoms with E-state index in [0.717, 1.165) is 24.6 Å². The van der Waals surface area contributed by atoms with Gasteiger partial charge in [-0.05, 0) is 18.9 Å². The van der Waals surface area contributed by atoms with Crippen molar-refractivity contribution in [3.05, 3.63) is 18.1 Å². The van der Waals surface area contributed by atoms with E-state index in [1.165, 1.54) is 0 Å². The molecule has 0 bridgehead atoms. The molecule has 1 aromatic heterocycles. The molecular formula is C12H17N3O2. The van der Waals surface area contributed by atoms with Gasteiger partial charge in [-0.3, -0.25) is 0 Å². The molecule has 1 N–H and O–H groups in total. The molecular weight excluding hydrogens is 218 g/mol. The van der Waals surface area contributed by atoms with Gasteiger partial charge >= 0.3 is 5.97 Å². The van der Waals surface area contributed by atoms with Gasteiger partial charge in [0.25, 0.3) is 0 Å². The Balaban J connectivity index is 2.27. The zero-order valence-corrected chi connectivity index (χ0v) is 10.1. The minimum atomic E-state index is -0.771. The van der Waals surface area contributed by atoms with Gasteiger partial charge in [0.2, 0.25) is 0 Å². The second-order valence-corrected chi connectivity index (χ2v) is 4.62. The molecule has 1 aliphatic rings. The summed E-state index contributed by atoms with van der Waals surface area (Å²) >= 11 is 0. The number of aliphatic carboxylic acids is 1. The molecule has 0 aliphatic carbocycles. The van der Waals surface area contributed by atoms with Crippen LogP contribution in [0.5, 0.6) is 0 Å². The standard InChI is InChI=1S/C12H17N3O2/c1-8(2)11-13-6-5-10(14-11)15-7-3-4-9(15)12(16)17/h5-6,8-9H,3-4,7H2,1-2H3,(H,16,17). The Labute approximate surface area is 100 Å². The highest BCUT2D eigenvalue weighted by Crippen LogP contribution is 2.24. The van der Waals surface area contributed by atoms with Crippen molar-refractivity contribution < 1.29 is 9.90 Å². The van der Waals surface area contributed by atoms with Crippen LogP contribution < -0.4 is 4.90 Å². The summed E-state index contributed by atoms with van der Waals surface area (Å²) in [5, 5.41) is 9.14. The van der Waals surface area contributed by atoms with Gasteiger partial charge in [0, 0.05) is 18.7 Å². The average Bonchev–Trinajstić information content (AvgIpc) is 2.78. The van der Waals surface area contributed by atoms with Crippen LogP contribution in [-0.2, 0) is 4.79 Å². The molecule has 1 saturated heterocycles. The van der Waals surface area contributed by atoms with Crippen molar-refractivity contribution in [3.8, 4) is 0 Å². The largest absolute Gasteiger partial charge is 0.480 e. The molecule has 0 spiro atoms.